The zero-order valence-electron chi connectivity index (χ0n) is 16.8. The molecule has 1 amide bonds. The van der Waals surface area contributed by atoms with Crippen molar-refractivity contribution >= 4 is 40.2 Å². The minimum absolute atomic E-state index is 0.146. The molecule has 1 fully saturated rings. The summed E-state index contributed by atoms with van der Waals surface area (Å²) in [5, 5.41) is 5.12. The first-order valence-electron chi connectivity index (χ1n) is 10.6. The number of nitrogens with zero attached hydrogens (tertiary/aromatic N) is 1. The maximum absolute atomic E-state index is 12.7. The quantitative estimate of drug-likeness (QED) is 0.640. The molecule has 0 bridgehead atoms. The highest BCUT2D eigenvalue weighted by molar-refractivity contribution is 8.00. The predicted molar refractivity (Wildman–Crippen MR) is 118 cm³/mol. The molecule has 0 spiro atoms. The van der Waals surface area contributed by atoms with Crippen LogP contribution in [-0.4, -0.2) is 22.7 Å². The second-order valence-electron chi connectivity index (χ2n) is 8.46. The summed E-state index contributed by atoms with van der Waals surface area (Å²) >= 11 is 7.94. The van der Waals surface area contributed by atoms with Crippen molar-refractivity contribution in [2.75, 3.05) is 5.75 Å². The lowest BCUT2D eigenvalue weighted by Gasteiger charge is -2.34. The highest BCUT2D eigenvalue weighted by Gasteiger charge is 2.28. The molecule has 1 N–H and O–H groups in total. The number of carbonyl (C=O) groups excluding carboxylic acids is 1. The van der Waals surface area contributed by atoms with Gasteiger partial charge < -0.3 is 5.32 Å². The molecule has 1 aromatic carbocycles. The Morgan fingerprint density at radius 1 is 1.21 bits per heavy atom. The lowest BCUT2D eigenvalue weighted by atomic mass is 9.78. The van der Waals surface area contributed by atoms with Gasteiger partial charge in [-0.3, -0.25) is 9.78 Å². The van der Waals surface area contributed by atoms with Gasteiger partial charge in [0.05, 0.1) is 11.3 Å². The monoisotopic (exact) mass is 416 g/mol. The molecule has 0 radical (unpaired) electrons. The Hall–Kier alpha value is -1.26. The van der Waals surface area contributed by atoms with Crippen LogP contribution in [0.15, 0.2) is 23.1 Å². The van der Waals surface area contributed by atoms with Gasteiger partial charge in [0.1, 0.15) is 0 Å². The first-order chi connectivity index (χ1) is 13.5. The summed E-state index contributed by atoms with van der Waals surface area (Å²) in [4.78, 5) is 18.8. The lowest BCUT2D eigenvalue weighted by Crippen LogP contribution is -2.44. The molecular weight excluding hydrogens is 388 g/mol. The summed E-state index contributed by atoms with van der Waals surface area (Å²) in [6.45, 7) is 4.58. The highest BCUT2D eigenvalue weighted by Crippen LogP contribution is 2.37. The van der Waals surface area contributed by atoms with Crippen LogP contribution in [0.3, 0.4) is 0 Å². The van der Waals surface area contributed by atoms with E-state index in [9.17, 15) is 4.79 Å². The van der Waals surface area contributed by atoms with Crippen molar-refractivity contribution in [3.63, 3.8) is 0 Å². The van der Waals surface area contributed by atoms with Gasteiger partial charge in [0.15, 0.2) is 0 Å². The number of rotatable bonds is 4. The van der Waals surface area contributed by atoms with Crippen LogP contribution >= 0.6 is 23.4 Å². The van der Waals surface area contributed by atoms with Crippen molar-refractivity contribution in [3.05, 3.63) is 34.5 Å². The van der Waals surface area contributed by atoms with Crippen LogP contribution in [0.1, 0.15) is 57.2 Å². The van der Waals surface area contributed by atoms with Crippen LogP contribution in [0.5, 0.6) is 0 Å². The Labute approximate surface area is 177 Å². The number of benzene rings is 1. The van der Waals surface area contributed by atoms with E-state index in [0.717, 1.165) is 35.2 Å². The molecule has 3 atom stereocenters. The molecule has 2 aliphatic rings. The number of halogens is 1. The zero-order chi connectivity index (χ0) is 19.7. The van der Waals surface area contributed by atoms with E-state index < -0.39 is 0 Å². The topological polar surface area (TPSA) is 42.0 Å². The Morgan fingerprint density at radius 2 is 2.04 bits per heavy atom. The molecule has 5 heteroatoms. The van der Waals surface area contributed by atoms with Gasteiger partial charge in [-0.2, -0.15) is 0 Å². The van der Waals surface area contributed by atoms with E-state index in [1.165, 1.54) is 41.8 Å². The summed E-state index contributed by atoms with van der Waals surface area (Å²) in [6, 6.07) is 6.22. The van der Waals surface area contributed by atoms with Crippen molar-refractivity contribution in [1.29, 1.82) is 0 Å². The van der Waals surface area contributed by atoms with E-state index in [4.69, 9.17) is 16.6 Å². The molecule has 0 aliphatic heterocycles. The SMILES string of the molecule is CC1CCCC(NC(=O)CSc2c3c(nc4ccc(Cl)cc24)CCCC3)C1C. The largest absolute Gasteiger partial charge is 0.352 e. The van der Waals surface area contributed by atoms with Gasteiger partial charge in [-0.1, -0.05) is 38.3 Å². The first kappa shape index (κ1) is 20.0. The molecule has 28 heavy (non-hydrogen) atoms. The minimum Gasteiger partial charge on any atom is -0.352 e. The normalized spacial score (nSPS) is 24.8. The molecule has 150 valence electrons. The van der Waals surface area contributed by atoms with Gasteiger partial charge in [-0.15, -0.1) is 11.8 Å². The van der Waals surface area contributed by atoms with Gasteiger partial charge >= 0.3 is 0 Å². The number of aromatic nitrogens is 1. The third-order valence-electron chi connectivity index (χ3n) is 6.57. The molecule has 4 rings (SSSR count). The van der Waals surface area contributed by atoms with Crippen LogP contribution in [0.25, 0.3) is 10.9 Å². The standard InChI is InChI=1S/C23H29ClN2OS/c1-14-6-5-9-19(15(14)2)26-22(27)13-28-23-17-7-3-4-8-20(17)25-21-11-10-16(24)12-18(21)23/h10-12,14-15,19H,3-9,13H2,1-2H3,(H,26,27). The van der Waals surface area contributed by atoms with Crippen LogP contribution < -0.4 is 5.32 Å². The van der Waals surface area contributed by atoms with Gasteiger partial charge in [0, 0.05) is 27.0 Å². The highest BCUT2D eigenvalue weighted by atomic mass is 35.5. The second-order valence-corrected chi connectivity index (χ2v) is 9.89. The van der Waals surface area contributed by atoms with Crippen molar-refractivity contribution in [2.24, 2.45) is 11.8 Å². The molecule has 3 unspecified atom stereocenters. The van der Waals surface area contributed by atoms with Crippen molar-refractivity contribution in [1.82, 2.24) is 10.3 Å². The fourth-order valence-electron chi connectivity index (χ4n) is 4.69. The molecule has 0 saturated heterocycles. The smallest absolute Gasteiger partial charge is 0.230 e. The van der Waals surface area contributed by atoms with Gasteiger partial charge in [-0.05, 0) is 67.7 Å². The average Bonchev–Trinajstić information content (AvgIpc) is 2.69. The number of aryl methyl sites for hydroxylation is 1. The fraction of sp³-hybridized carbons (Fsp3) is 0.565. The zero-order valence-corrected chi connectivity index (χ0v) is 18.3. The Balaban J connectivity index is 1.54. The summed E-state index contributed by atoms with van der Waals surface area (Å²) in [5.74, 6) is 1.84. The van der Waals surface area contributed by atoms with Crippen molar-refractivity contribution in [3.8, 4) is 0 Å². The predicted octanol–water partition coefficient (Wildman–Crippen LogP) is 5.80. The average molecular weight is 417 g/mol. The molecule has 1 heterocycles. The van der Waals surface area contributed by atoms with E-state index in [2.05, 4.69) is 19.2 Å². The van der Waals surface area contributed by atoms with Gasteiger partial charge in [0.25, 0.3) is 0 Å². The number of carbonyl (C=O) groups is 1. The van der Waals surface area contributed by atoms with Crippen LogP contribution in [0.2, 0.25) is 5.02 Å². The van der Waals surface area contributed by atoms with Gasteiger partial charge in [-0.25, -0.2) is 0 Å². The number of pyridine rings is 1. The number of thioether (sulfide) groups is 1. The molecule has 1 saturated carbocycles. The van der Waals surface area contributed by atoms with E-state index >= 15 is 0 Å². The van der Waals surface area contributed by atoms with E-state index in [1.54, 1.807) is 11.8 Å². The fourth-order valence-corrected chi connectivity index (χ4v) is 5.93. The number of hydrogen-bond donors (Lipinski definition) is 1. The number of amides is 1. The third-order valence-corrected chi connectivity index (χ3v) is 7.97. The third kappa shape index (κ3) is 4.18. The second kappa shape index (κ2) is 8.62. The molecule has 1 aromatic heterocycles. The maximum atomic E-state index is 12.7. The summed E-state index contributed by atoms with van der Waals surface area (Å²) in [6.07, 6.45) is 8.06. The Bertz CT molecular complexity index is 885. The molecule has 2 aromatic rings. The number of fused-ring (bicyclic) bond motifs is 2. The summed E-state index contributed by atoms with van der Waals surface area (Å²) in [7, 11) is 0. The van der Waals surface area contributed by atoms with Gasteiger partial charge in [0.2, 0.25) is 5.91 Å². The van der Waals surface area contributed by atoms with Crippen LogP contribution in [0.4, 0.5) is 0 Å². The summed E-state index contributed by atoms with van der Waals surface area (Å²) in [5.41, 5.74) is 3.53. The Kier molecular flexibility index (Phi) is 6.17. The maximum Gasteiger partial charge on any atom is 0.230 e. The van der Waals surface area contributed by atoms with E-state index in [-0.39, 0.29) is 5.91 Å². The van der Waals surface area contributed by atoms with E-state index in [1.807, 2.05) is 18.2 Å². The van der Waals surface area contributed by atoms with E-state index in [0.29, 0.717) is 23.6 Å². The van der Waals surface area contributed by atoms with Crippen molar-refractivity contribution in [2.45, 2.75) is 69.7 Å². The minimum atomic E-state index is 0.146. The number of hydrogen-bond acceptors (Lipinski definition) is 3. The van der Waals surface area contributed by atoms with Crippen molar-refractivity contribution < 1.29 is 4.79 Å². The van der Waals surface area contributed by atoms with Crippen LogP contribution in [-0.2, 0) is 17.6 Å². The summed E-state index contributed by atoms with van der Waals surface area (Å²) < 4.78 is 0. The molecule has 2 aliphatic carbocycles. The Morgan fingerprint density at radius 3 is 2.89 bits per heavy atom. The molecule has 3 nitrogen and oxygen atoms in total. The number of nitrogens with one attached hydrogen (secondary N) is 1. The first-order valence-corrected chi connectivity index (χ1v) is 11.9. The lowest BCUT2D eigenvalue weighted by molar-refractivity contribution is -0.119. The molecular formula is C23H29ClN2OS. The van der Waals surface area contributed by atoms with Crippen LogP contribution in [0, 0.1) is 11.8 Å².